The lowest BCUT2D eigenvalue weighted by atomic mass is 9.98. The number of phenolic OH excluding ortho intramolecular Hbond substituents is 2. The molecule has 0 spiro atoms. The molecule has 0 saturated heterocycles. The highest BCUT2D eigenvalue weighted by atomic mass is 16.5. The largest absolute Gasteiger partial charge is 0.504 e. The van der Waals surface area contributed by atoms with Gasteiger partial charge in [-0.25, -0.2) is 0 Å². The summed E-state index contributed by atoms with van der Waals surface area (Å²) in [5, 5.41) is 28.8. The zero-order chi connectivity index (χ0) is 17.5. The Morgan fingerprint density at radius 1 is 0.958 bits per heavy atom. The minimum atomic E-state index is -0.0842. The van der Waals surface area contributed by atoms with Crippen LogP contribution in [0.3, 0.4) is 0 Å². The molecule has 1 atom stereocenters. The van der Waals surface area contributed by atoms with Crippen LogP contribution >= 0.6 is 0 Å². The fourth-order valence-corrected chi connectivity index (χ4v) is 2.39. The van der Waals surface area contributed by atoms with Crippen LogP contribution in [0.2, 0.25) is 0 Å². The van der Waals surface area contributed by atoms with Crippen LogP contribution in [0.5, 0.6) is 23.0 Å². The van der Waals surface area contributed by atoms with Gasteiger partial charge in [-0.2, -0.15) is 0 Å². The molecular formula is C19H22O5. The van der Waals surface area contributed by atoms with Crippen LogP contribution in [0, 0.1) is 5.92 Å². The molecule has 5 nitrogen and oxygen atoms in total. The van der Waals surface area contributed by atoms with Gasteiger partial charge in [0, 0.05) is 12.5 Å². The van der Waals surface area contributed by atoms with Gasteiger partial charge in [-0.3, -0.25) is 0 Å². The van der Waals surface area contributed by atoms with E-state index in [1.165, 1.54) is 14.2 Å². The summed E-state index contributed by atoms with van der Waals surface area (Å²) in [4.78, 5) is 0. The average molecular weight is 330 g/mol. The summed E-state index contributed by atoms with van der Waals surface area (Å²) in [6.07, 6.45) is 4.39. The summed E-state index contributed by atoms with van der Waals surface area (Å²) in [6, 6.07) is 10.2. The smallest absolute Gasteiger partial charge is 0.161 e. The number of phenols is 2. The number of ether oxygens (including phenoxy) is 2. The number of aromatic hydroxyl groups is 2. The highest BCUT2D eigenvalue weighted by Crippen LogP contribution is 2.28. The van der Waals surface area contributed by atoms with Crippen molar-refractivity contribution in [2.45, 2.75) is 6.42 Å². The lowest BCUT2D eigenvalue weighted by molar-refractivity contribution is 0.252. The minimum Gasteiger partial charge on any atom is -0.504 e. The average Bonchev–Trinajstić information content (AvgIpc) is 2.61. The van der Waals surface area contributed by atoms with Crippen LogP contribution in [-0.4, -0.2) is 36.1 Å². The van der Waals surface area contributed by atoms with E-state index in [1.54, 1.807) is 36.4 Å². The van der Waals surface area contributed by atoms with Gasteiger partial charge in [0.1, 0.15) is 0 Å². The second kappa shape index (κ2) is 8.26. The fraction of sp³-hybridized carbons (Fsp3) is 0.263. The maximum Gasteiger partial charge on any atom is 0.161 e. The van der Waals surface area contributed by atoms with E-state index in [0.717, 1.165) is 11.1 Å². The van der Waals surface area contributed by atoms with Gasteiger partial charge in [0.2, 0.25) is 0 Å². The van der Waals surface area contributed by atoms with Crippen LogP contribution in [-0.2, 0) is 6.42 Å². The molecule has 0 aromatic heterocycles. The summed E-state index contributed by atoms with van der Waals surface area (Å²) < 4.78 is 10.2. The molecule has 0 aliphatic rings. The second-order valence-corrected chi connectivity index (χ2v) is 5.44. The lowest BCUT2D eigenvalue weighted by Gasteiger charge is -2.11. The van der Waals surface area contributed by atoms with E-state index < -0.39 is 0 Å². The molecule has 2 aromatic rings. The SMILES string of the molecule is COc1cc(/C=C/C(CO)Cc2ccc(O)c(OC)c2)ccc1O. The third kappa shape index (κ3) is 4.43. The van der Waals surface area contributed by atoms with Gasteiger partial charge < -0.3 is 24.8 Å². The molecule has 0 radical (unpaired) electrons. The van der Waals surface area contributed by atoms with E-state index in [4.69, 9.17) is 9.47 Å². The van der Waals surface area contributed by atoms with Crippen molar-refractivity contribution in [1.29, 1.82) is 0 Å². The van der Waals surface area contributed by atoms with Gasteiger partial charge in [-0.1, -0.05) is 24.3 Å². The Kier molecular flexibility index (Phi) is 6.09. The van der Waals surface area contributed by atoms with Crippen molar-refractivity contribution in [3.05, 3.63) is 53.6 Å². The molecule has 1 unspecified atom stereocenters. The third-order valence-corrected chi connectivity index (χ3v) is 3.74. The van der Waals surface area contributed by atoms with E-state index in [9.17, 15) is 15.3 Å². The highest BCUT2D eigenvalue weighted by molar-refractivity contribution is 5.55. The number of benzene rings is 2. The summed E-state index contributed by atoms with van der Waals surface area (Å²) in [5.74, 6) is 0.912. The zero-order valence-corrected chi connectivity index (χ0v) is 13.8. The molecule has 24 heavy (non-hydrogen) atoms. The van der Waals surface area contributed by atoms with Gasteiger partial charge in [0.25, 0.3) is 0 Å². The fourth-order valence-electron chi connectivity index (χ4n) is 2.39. The van der Waals surface area contributed by atoms with Crippen molar-refractivity contribution in [3.8, 4) is 23.0 Å². The molecule has 128 valence electrons. The number of aliphatic hydroxyl groups excluding tert-OH is 1. The molecule has 0 aliphatic heterocycles. The van der Waals surface area contributed by atoms with Crippen molar-refractivity contribution in [2.24, 2.45) is 5.92 Å². The van der Waals surface area contributed by atoms with E-state index >= 15 is 0 Å². The normalized spacial score (nSPS) is 12.3. The molecule has 0 amide bonds. The predicted molar refractivity (Wildman–Crippen MR) is 92.6 cm³/mol. The Labute approximate surface area is 141 Å². The summed E-state index contributed by atoms with van der Waals surface area (Å²) >= 11 is 0. The van der Waals surface area contributed by atoms with Crippen molar-refractivity contribution < 1.29 is 24.8 Å². The number of methoxy groups -OCH3 is 2. The molecule has 0 fully saturated rings. The van der Waals surface area contributed by atoms with Crippen molar-refractivity contribution >= 4 is 6.08 Å². The first kappa shape index (κ1) is 17.7. The molecule has 3 N–H and O–H groups in total. The molecule has 0 bridgehead atoms. The number of rotatable bonds is 7. The Morgan fingerprint density at radius 3 is 2.21 bits per heavy atom. The van der Waals surface area contributed by atoms with E-state index in [-0.39, 0.29) is 24.0 Å². The highest BCUT2D eigenvalue weighted by Gasteiger charge is 2.09. The topological polar surface area (TPSA) is 79.2 Å². The zero-order valence-electron chi connectivity index (χ0n) is 13.8. The quantitative estimate of drug-likeness (QED) is 0.727. The van der Waals surface area contributed by atoms with Crippen molar-refractivity contribution in [2.75, 3.05) is 20.8 Å². The van der Waals surface area contributed by atoms with Gasteiger partial charge in [-0.05, 0) is 41.8 Å². The molecule has 2 rings (SSSR count). The van der Waals surface area contributed by atoms with Crippen LogP contribution < -0.4 is 9.47 Å². The molecule has 5 heteroatoms. The molecule has 0 heterocycles. The van der Waals surface area contributed by atoms with Crippen molar-refractivity contribution in [3.63, 3.8) is 0 Å². The first-order valence-electron chi connectivity index (χ1n) is 7.59. The van der Waals surface area contributed by atoms with Gasteiger partial charge in [0.05, 0.1) is 14.2 Å². The molecule has 2 aromatic carbocycles. The lowest BCUT2D eigenvalue weighted by Crippen LogP contribution is -2.06. The predicted octanol–water partition coefficient (Wildman–Crippen LogP) is 2.98. The number of aliphatic hydroxyl groups is 1. The first-order valence-corrected chi connectivity index (χ1v) is 7.59. The van der Waals surface area contributed by atoms with E-state index in [1.807, 2.05) is 12.2 Å². The summed E-state index contributed by atoms with van der Waals surface area (Å²) in [6.45, 7) is -0.00505. The molecule has 0 aliphatic carbocycles. The Morgan fingerprint density at radius 2 is 1.58 bits per heavy atom. The standard InChI is InChI=1S/C19H22O5/c1-23-18-10-13(5-7-16(18)21)3-4-15(12-20)9-14-6-8-17(22)19(11-14)24-2/h3-8,10-11,15,20-22H,9,12H2,1-2H3/b4-3+. The molecular weight excluding hydrogens is 308 g/mol. The third-order valence-electron chi connectivity index (χ3n) is 3.74. The first-order chi connectivity index (χ1) is 11.6. The maximum atomic E-state index is 9.63. The van der Waals surface area contributed by atoms with Gasteiger partial charge >= 0.3 is 0 Å². The monoisotopic (exact) mass is 330 g/mol. The van der Waals surface area contributed by atoms with E-state index in [0.29, 0.717) is 17.9 Å². The Bertz CT molecular complexity index is 709. The van der Waals surface area contributed by atoms with Crippen LogP contribution in [0.15, 0.2) is 42.5 Å². The van der Waals surface area contributed by atoms with Crippen LogP contribution in [0.25, 0.3) is 6.08 Å². The van der Waals surface area contributed by atoms with Gasteiger partial charge in [0.15, 0.2) is 23.0 Å². The van der Waals surface area contributed by atoms with E-state index in [2.05, 4.69) is 0 Å². The maximum absolute atomic E-state index is 9.63. The number of hydrogen-bond donors (Lipinski definition) is 3. The van der Waals surface area contributed by atoms with Crippen LogP contribution in [0.4, 0.5) is 0 Å². The summed E-state index contributed by atoms with van der Waals surface area (Å²) in [7, 11) is 3.00. The Hall–Kier alpha value is -2.66. The minimum absolute atomic E-state index is 0.00505. The Balaban J connectivity index is 2.11. The number of hydrogen-bond acceptors (Lipinski definition) is 5. The molecule has 0 saturated carbocycles. The summed E-state index contributed by atoms with van der Waals surface area (Å²) in [5.41, 5.74) is 1.82. The van der Waals surface area contributed by atoms with Gasteiger partial charge in [-0.15, -0.1) is 0 Å². The second-order valence-electron chi connectivity index (χ2n) is 5.44. The van der Waals surface area contributed by atoms with Crippen LogP contribution in [0.1, 0.15) is 11.1 Å². The van der Waals surface area contributed by atoms with Crippen molar-refractivity contribution in [1.82, 2.24) is 0 Å².